The quantitative estimate of drug-likeness (QED) is 0.583. The van der Waals surface area contributed by atoms with Gasteiger partial charge in [-0.1, -0.05) is 18.2 Å². The average molecular weight is 189 g/mol. The van der Waals surface area contributed by atoms with Crippen LogP contribution < -0.4 is 5.32 Å². The largest absolute Gasteiger partial charge is 0.385 e. The first-order valence-corrected chi connectivity index (χ1v) is 4.77. The summed E-state index contributed by atoms with van der Waals surface area (Å²) in [4.78, 5) is 10.7. The number of rotatable bonds is 4. The number of hydrogen-bond acceptors (Lipinski definition) is 2. The van der Waals surface area contributed by atoms with Gasteiger partial charge in [0.05, 0.1) is 0 Å². The number of carbonyl (C=O) groups is 1. The van der Waals surface area contributed by atoms with Gasteiger partial charge in [0.15, 0.2) is 0 Å². The number of carbonyl (C=O) groups excluding carboxylic acids is 1. The molecule has 1 aromatic carbocycles. The van der Waals surface area contributed by atoms with E-state index in [1.807, 2.05) is 44.2 Å². The number of nitrogens with one attached hydrogen (secondary N) is 1. The summed E-state index contributed by atoms with van der Waals surface area (Å²) < 4.78 is 0. The van der Waals surface area contributed by atoms with E-state index in [9.17, 15) is 4.79 Å². The second kappa shape index (κ2) is 5.22. The van der Waals surface area contributed by atoms with Crippen LogP contribution >= 0.6 is 0 Å². The second-order valence-electron chi connectivity index (χ2n) is 2.97. The molecular weight excluding hydrogens is 174 g/mol. The first-order chi connectivity index (χ1) is 6.81. The molecule has 0 radical (unpaired) electrons. The van der Waals surface area contributed by atoms with Crippen molar-refractivity contribution in [1.82, 2.24) is 0 Å². The van der Waals surface area contributed by atoms with Gasteiger partial charge in [0.25, 0.3) is 0 Å². The Morgan fingerprint density at radius 2 is 2.29 bits per heavy atom. The van der Waals surface area contributed by atoms with Gasteiger partial charge in [-0.2, -0.15) is 0 Å². The summed E-state index contributed by atoms with van der Waals surface area (Å²) in [5.41, 5.74) is 2.73. The Morgan fingerprint density at radius 1 is 1.50 bits per heavy atom. The van der Waals surface area contributed by atoms with Gasteiger partial charge in [-0.3, -0.25) is 4.79 Å². The van der Waals surface area contributed by atoms with E-state index < -0.39 is 0 Å². The fourth-order valence-corrected chi connectivity index (χ4v) is 1.32. The smallest absolute Gasteiger partial charge is 0.150 e. The Hall–Kier alpha value is -1.57. The van der Waals surface area contributed by atoms with Crippen molar-refractivity contribution in [3.63, 3.8) is 0 Å². The molecule has 14 heavy (non-hydrogen) atoms. The average Bonchev–Trinajstić information content (AvgIpc) is 2.21. The van der Waals surface area contributed by atoms with Crippen molar-refractivity contribution >= 4 is 17.5 Å². The summed E-state index contributed by atoms with van der Waals surface area (Å²) in [5.74, 6) is 0. The summed E-state index contributed by atoms with van der Waals surface area (Å²) in [6.07, 6.45) is 2.70. The molecule has 0 atom stereocenters. The van der Waals surface area contributed by atoms with E-state index in [1.54, 1.807) is 0 Å². The fourth-order valence-electron chi connectivity index (χ4n) is 1.32. The molecule has 1 rings (SSSR count). The number of aldehydes is 1. The van der Waals surface area contributed by atoms with Gasteiger partial charge in [0.1, 0.15) is 6.29 Å². The van der Waals surface area contributed by atoms with Crippen LogP contribution in [0.15, 0.2) is 30.3 Å². The van der Waals surface area contributed by atoms with Gasteiger partial charge in [0.2, 0.25) is 0 Å². The highest BCUT2D eigenvalue weighted by Crippen LogP contribution is 2.16. The van der Waals surface area contributed by atoms with E-state index in [4.69, 9.17) is 0 Å². The van der Waals surface area contributed by atoms with E-state index in [0.717, 1.165) is 29.7 Å². The Morgan fingerprint density at radius 3 is 2.86 bits per heavy atom. The molecule has 0 spiro atoms. The molecular formula is C12H15NO. The number of anilines is 1. The van der Waals surface area contributed by atoms with Crippen LogP contribution in [-0.4, -0.2) is 12.8 Å². The van der Waals surface area contributed by atoms with Gasteiger partial charge in [-0.05, 0) is 31.5 Å². The highest BCUT2D eigenvalue weighted by atomic mass is 16.1. The van der Waals surface area contributed by atoms with E-state index >= 15 is 0 Å². The molecule has 0 aliphatic carbocycles. The van der Waals surface area contributed by atoms with Crippen molar-refractivity contribution in [2.45, 2.75) is 13.8 Å². The Bertz CT molecular complexity index is 342. The first kappa shape index (κ1) is 10.5. The van der Waals surface area contributed by atoms with Crippen molar-refractivity contribution in [1.29, 1.82) is 0 Å². The van der Waals surface area contributed by atoms with Crippen molar-refractivity contribution < 1.29 is 4.79 Å². The lowest BCUT2D eigenvalue weighted by atomic mass is 10.1. The zero-order valence-corrected chi connectivity index (χ0v) is 8.58. The van der Waals surface area contributed by atoms with Crippen LogP contribution in [0.1, 0.15) is 19.4 Å². The third-order valence-electron chi connectivity index (χ3n) is 2.01. The van der Waals surface area contributed by atoms with Gasteiger partial charge in [-0.15, -0.1) is 0 Å². The third kappa shape index (κ3) is 2.46. The molecule has 0 amide bonds. The minimum Gasteiger partial charge on any atom is -0.385 e. The molecule has 1 aromatic rings. The molecule has 0 saturated carbocycles. The minimum atomic E-state index is 0.727. The Kier molecular flexibility index (Phi) is 3.92. The summed E-state index contributed by atoms with van der Waals surface area (Å²) in [6.45, 7) is 4.79. The molecule has 0 aliphatic heterocycles. The zero-order chi connectivity index (χ0) is 10.4. The van der Waals surface area contributed by atoms with E-state index in [-0.39, 0.29) is 0 Å². The molecule has 74 valence electrons. The summed E-state index contributed by atoms with van der Waals surface area (Å²) in [7, 11) is 0. The maximum absolute atomic E-state index is 10.7. The monoisotopic (exact) mass is 189 g/mol. The molecule has 0 bridgehead atoms. The van der Waals surface area contributed by atoms with Gasteiger partial charge < -0.3 is 5.32 Å². The molecule has 0 aliphatic rings. The Labute approximate surface area is 84.6 Å². The van der Waals surface area contributed by atoms with Crippen molar-refractivity contribution in [3.8, 4) is 0 Å². The lowest BCUT2D eigenvalue weighted by Gasteiger charge is -2.05. The predicted molar refractivity (Wildman–Crippen MR) is 60.3 cm³/mol. The lowest BCUT2D eigenvalue weighted by molar-refractivity contribution is -0.103. The van der Waals surface area contributed by atoms with Crippen LogP contribution in [0.25, 0.3) is 5.57 Å². The number of hydrogen-bond donors (Lipinski definition) is 1. The van der Waals surface area contributed by atoms with Gasteiger partial charge in [0, 0.05) is 17.8 Å². The van der Waals surface area contributed by atoms with Gasteiger partial charge >= 0.3 is 0 Å². The molecule has 0 aromatic heterocycles. The topological polar surface area (TPSA) is 29.1 Å². The highest BCUT2D eigenvalue weighted by Gasteiger charge is 1.99. The molecule has 0 fully saturated rings. The van der Waals surface area contributed by atoms with Crippen molar-refractivity contribution in [3.05, 3.63) is 35.9 Å². The van der Waals surface area contributed by atoms with Crippen molar-refractivity contribution in [2.24, 2.45) is 0 Å². The highest BCUT2D eigenvalue weighted by molar-refractivity contribution is 6.06. The SMILES string of the molecule is C/C=C(/C=O)c1cccc(NCC)c1. The van der Waals surface area contributed by atoms with Gasteiger partial charge in [-0.25, -0.2) is 0 Å². The molecule has 0 unspecified atom stereocenters. The molecule has 0 saturated heterocycles. The second-order valence-corrected chi connectivity index (χ2v) is 2.97. The van der Waals surface area contributed by atoms with Crippen molar-refractivity contribution in [2.75, 3.05) is 11.9 Å². The van der Waals surface area contributed by atoms with Crippen LogP contribution in [0.5, 0.6) is 0 Å². The van der Waals surface area contributed by atoms with E-state index in [0.29, 0.717) is 0 Å². The van der Waals surface area contributed by atoms with E-state index in [1.165, 1.54) is 0 Å². The predicted octanol–water partition coefficient (Wildman–Crippen LogP) is 2.72. The summed E-state index contributed by atoms with van der Waals surface area (Å²) in [5, 5.41) is 3.21. The van der Waals surface area contributed by atoms with Crippen LogP contribution in [0.2, 0.25) is 0 Å². The zero-order valence-electron chi connectivity index (χ0n) is 8.58. The molecule has 2 nitrogen and oxygen atoms in total. The van der Waals surface area contributed by atoms with Crippen LogP contribution in [0.4, 0.5) is 5.69 Å². The lowest BCUT2D eigenvalue weighted by Crippen LogP contribution is -1.97. The summed E-state index contributed by atoms with van der Waals surface area (Å²) >= 11 is 0. The van der Waals surface area contributed by atoms with Crippen LogP contribution in [0, 0.1) is 0 Å². The third-order valence-corrected chi connectivity index (χ3v) is 2.01. The first-order valence-electron chi connectivity index (χ1n) is 4.77. The van der Waals surface area contributed by atoms with Crippen LogP contribution in [0.3, 0.4) is 0 Å². The maximum Gasteiger partial charge on any atom is 0.150 e. The minimum absolute atomic E-state index is 0.727. The fraction of sp³-hybridized carbons (Fsp3) is 0.250. The Balaban J connectivity index is 2.98. The molecule has 0 heterocycles. The number of allylic oxidation sites excluding steroid dienone is 2. The van der Waals surface area contributed by atoms with E-state index in [2.05, 4.69) is 5.32 Å². The van der Waals surface area contributed by atoms with Crippen LogP contribution in [-0.2, 0) is 4.79 Å². The molecule has 2 heteroatoms. The summed E-state index contributed by atoms with van der Waals surface area (Å²) in [6, 6.07) is 7.85. The standard InChI is InChI=1S/C12H15NO/c1-3-10(9-14)11-6-5-7-12(8-11)13-4-2/h3,5-9,13H,4H2,1-2H3/b10-3-. The normalized spacial score (nSPS) is 11.1. The maximum atomic E-state index is 10.7. The molecule has 1 N–H and O–H groups in total. The number of benzene rings is 1.